The molecule has 1 atom stereocenters. The number of hydrogen-bond acceptors (Lipinski definition) is 3. The summed E-state index contributed by atoms with van der Waals surface area (Å²) in [6.07, 6.45) is 2.19. The van der Waals surface area contributed by atoms with Crippen LogP contribution in [0.2, 0.25) is 0 Å². The van der Waals surface area contributed by atoms with Gasteiger partial charge in [-0.05, 0) is 49.9 Å². The SMILES string of the molecule is CCCNC(=O)[C@H](Cc1ccccc1)N(Cc1cccc(C)c1)C(=O)CCCOc1ccc(C)cc1. The minimum Gasteiger partial charge on any atom is -0.494 e. The number of ether oxygens (including phenoxy) is 1. The fourth-order valence-electron chi connectivity index (χ4n) is 4.12. The minimum atomic E-state index is -0.593. The van der Waals surface area contributed by atoms with E-state index in [1.165, 1.54) is 5.56 Å². The molecule has 0 aliphatic rings. The minimum absolute atomic E-state index is 0.0448. The fourth-order valence-corrected chi connectivity index (χ4v) is 4.12. The number of hydrogen-bond donors (Lipinski definition) is 1. The molecule has 0 saturated heterocycles. The van der Waals surface area contributed by atoms with Crippen molar-refractivity contribution in [3.05, 3.63) is 101 Å². The molecule has 0 spiro atoms. The molecule has 2 amide bonds. The van der Waals surface area contributed by atoms with E-state index in [-0.39, 0.29) is 11.8 Å². The van der Waals surface area contributed by atoms with Gasteiger partial charge in [0.2, 0.25) is 11.8 Å². The van der Waals surface area contributed by atoms with Crippen LogP contribution in [0.1, 0.15) is 48.4 Å². The molecule has 5 nitrogen and oxygen atoms in total. The zero-order valence-corrected chi connectivity index (χ0v) is 21.7. The number of rotatable bonds is 13. The zero-order chi connectivity index (χ0) is 25.8. The first-order valence-corrected chi connectivity index (χ1v) is 12.8. The Balaban J connectivity index is 1.77. The number of carbonyl (C=O) groups excluding carboxylic acids is 2. The summed E-state index contributed by atoms with van der Waals surface area (Å²) in [6.45, 7) is 7.51. The van der Waals surface area contributed by atoms with E-state index in [9.17, 15) is 9.59 Å². The molecule has 1 N–H and O–H groups in total. The van der Waals surface area contributed by atoms with Crippen molar-refractivity contribution >= 4 is 11.8 Å². The Hall–Kier alpha value is -3.60. The highest BCUT2D eigenvalue weighted by molar-refractivity contribution is 5.88. The summed E-state index contributed by atoms with van der Waals surface area (Å²) < 4.78 is 5.83. The maximum Gasteiger partial charge on any atom is 0.243 e. The number of benzene rings is 3. The van der Waals surface area contributed by atoms with Crippen molar-refractivity contribution in [2.24, 2.45) is 0 Å². The van der Waals surface area contributed by atoms with Crippen molar-refractivity contribution in [1.82, 2.24) is 10.2 Å². The Morgan fingerprint density at radius 3 is 2.31 bits per heavy atom. The number of carbonyl (C=O) groups is 2. The molecule has 0 radical (unpaired) electrons. The molecule has 0 unspecified atom stereocenters. The lowest BCUT2D eigenvalue weighted by atomic mass is 10.0. The number of nitrogens with zero attached hydrogens (tertiary/aromatic N) is 1. The van der Waals surface area contributed by atoms with Crippen molar-refractivity contribution in [3.8, 4) is 5.75 Å². The molecule has 0 aliphatic heterocycles. The van der Waals surface area contributed by atoms with E-state index in [2.05, 4.69) is 11.4 Å². The van der Waals surface area contributed by atoms with Gasteiger partial charge in [0, 0.05) is 25.9 Å². The van der Waals surface area contributed by atoms with E-state index in [1.54, 1.807) is 4.90 Å². The topological polar surface area (TPSA) is 58.6 Å². The molecular weight excluding hydrogens is 448 g/mol. The number of nitrogens with one attached hydrogen (secondary N) is 1. The largest absolute Gasteiger partial charge is 0.494 e. The van der Waals surface area contributed by atoms with Crippen molar-refractivity contribution < 1.29 is 14.3 Å². The molecule has 0 fully saturated rings. The van der Waals surface area contributed by atoms with Gasteiger partial charge in [-0.2, -0.15) is 0 Å². The van der Waals surface area contributed by atoms with Gasteiger partial charge in [-0.15, -0.1) is 0 Å². The van der Waals surface area contributed by atoms with Crippen LogP contribution in [0, 0.1) is 13.8 Å². The van der Waals surface area contributed by atoms with Gasteiger partial charge in [0.15, 0.2) is 0 Å². The van der Waals surface area contributed by atoms with Crippen LogP contribution in [0.3, 0.4) is 0 Å². The van der Waals surface area contributed by atoms with Gasteiger partial charge in [-0.1, -0.05) is 84.8 Å². The van der Waals surface area contributed by atoms with Crippen LogP contribution in [0.15, 0.2) is 78.9 Å². The van der Waals surface area contributed by atoms with Gasteiger partial charge in [-0.3, -0.25) is 9.59 Å². The van der Waals surface area contributed by atoms with Crippen molar-refractivity contribution in [2.75, 3.05) is 13.2 Å². The van der Waals surface area contributed by atoms with Crippen LogP contribution in [-0.4, -0.2) is 35.9 Å². The average Bonchev–Trinajstić information content (AvgIpc) is 2.88. The van der Waals surface area contributed by atoms with E-state index in [0.29, 0.717) is 39.0 Å². The third-order valence-electron chi connectivity index (χ3n) is 6.08. The van der Waals surface area contributed by atoms with E-state index >= 15 is 0 Å². The Labute approximate surface area is 215 Å². The summed E-state index contributed by atoms with van der Waals surface area (Å²) in [5.41, 5.74) is 4.34. The second-order valence-corrected chi connectivity index (χ2v) is 9.27. The first-order chi connectivity index (χ1) is 17.5. The van der Waals surface area contributed by atoms with Crippen molar-refractivity contribution in [1.29, 1.82) is 0 Å². The number of aryl methyl sites for hydroxylation is 2. The standard InChI is InChI=1S/C31H38N2O3/c1-4-19-32-31(35)29(22-26-11-6-5-7-12-26)33(23-27-13-8-10-25(3)21-27)30(34)14-9-20-36-28-17-15-24(2)16-18-28/h5-8,10-13,15-18,21,29H,4,9,14,19-20,22-23H2,1-3H3,(H,32,35)/t29-/m0/s1. The van der Waals surface area contributed by atoms with Crippen LogP contribution in [0.25, 0.3) is 0 Å². The predicted molar refractivity (Wildman–Crippen MR) is 145 cm³/mol. The molecule has 3 aromatic rings. The van der Waals surface area contributed by atoms with Crippen LogP contribution in [0.4, 0.5) is 0 Å². The van der Waals surface area contributed by atoms with Gasteiger partial charge in [-0.25, -0.2) is 0 Å². The maximum atomic E-state index is 13.6. The second-order valence-electron chi connectivity index (χ2n) is 9.27. The van der Waals surface area contributed by atoms with Gasteiger partial charge in [0.05, 0.1) is 6.61 Å². The predicted octanol–water partition coefficient (Wildman–Crippen LogP) is 5.63. The summed E-state index contributed by atoms with van der Waals surface area (Å²) in [4.78, 5) is 28.7. The maximum absolute atomic E-state index is 13.6. The Morgan fingerprint density at radius 1 is 0.889 bits per heavy atom. The summed E-state index contributed by atoms with van der Waals surface area (Å²) in [5.74, 6) is 0.639. The first kappa shape index (κ1) is 27.0. The average molecular weight is 487 g/mol. The van der Waals surface area contributed by atoms with E-state index in [4.69, 9.17) is 4.74 Å². The smallest absolute Gasteiger partial charge is 0.243 e. The summed E-state index contributed by atoms with van der Waals surface area (Å²) in [7, 11) is 0. The molecule has 0 aromatic heterocycles. The molecular formula is C31H38N2O3. The highest BCUT2D eigenvalue weighted by Gasteiger charge is 2.30. The normalized spacial score (nSPS) is 11.5. The lowest BCUT2D eigenvalue weighted by Gasteiger charge is -2.31. The molecule has 0 saturated carbocycles. The van der Waals surface area contributed by atoms with Gasteiger partial charge in [0.1, 0.15) is 11.8 Å². The van der Waals surface area contributed by atoms with E-state index < -0.39 is 6.04 Å². The Kier molecular flexibility index (Phi) is 10.6. The molecule has 3 rings (SSSR count). The second kappa shape index (κ2) is 14.1. The lowest BCUT2D eigenvalue weighted by molar-refractivity contribution is -0.141. The van der Waals surface area contributed by atoms with Crippen LogP contribution in [-0.2, 0) is 22.6 Å². The quantitative estimate of drug-likeness (QED) is 0.319. The van der Waals surface area contributed by atoms with Crippen LogP contribution >= 0.6 is 0 Å². The lowest BCUT2D eigenvalue weighted by Crippen LogP contribution is -2.50. The molecule has 0 heterocycles. The van der Waals surface area contributed by atoms with Gasteiger partial charge < -0.3 is 15.0 Å². The van der Waals surface area contributed by atoms with Gasteiger partial charge >= 0.3 is 0 Å². The van der Waals surface area contributed by atoms with Crippen molar-refractivity contribution in [2.45, 2.75) is 59.0 Å². The van der Waals surface area contributed by atoms with Crippen LogP contribution < -0.4 is 10.1 Å². The Bertz CT molecular complexity index is 1100. The third-order valence-corrected chi connectivity index (χ3v) is 6.08. The molecule has 0 bridgehead atoms. The highest BCUT2D eigenvalue weighted by Crippen LogP contribution is 2.18. The molecule has 0 aliphatic carbocycles. The highest BCUT2D eigenvalue weighted by atomic mass is 16.5. The van der Waals surface area contributed by atoms with Gasteiger partial charge in [0.25, 0.3) is 0 Å². The monoisotopic (exact) mass is 486 g/mol. The van der Waals surface area contributed by atoms with E-state index in [1.807, 2.05) is 93.6 Å². The van der Waals surface area contributed by atoms with Crippen molar-refractivity contribution in [3.63, 3.8) is 0 Å². The third kappa shape index (κ3) is 8.56. The molecule has 36 heavy (non-hydrogen) atoms. The summed E-state index contributed by atoms with van der Waals surface area (Å²) in [6, 6.07) is 25.3. The zero-order valence-electron chi connectivity index (χ0n) is 21.7. The molecule has 5 heteroatoms. The number of amides is 2. The van der Waals surface area contributed by atoms with Crippen LogP contribution in [0.5, 0.6) is 5.75 Å². The molecule has 190 valence electrons. The Morgan fingerprint density at radius 2 is 1.61 bits per heavy atom. The molecule has 3 aromatic carbocycles. The first-order valence-electron chi connectivity index (χ1n) is 12.8. The van der Waals surface area contributed by atoms with E-state index in [0.717, 1.165) is 28.9 Å². The summed E-state index contributed by atoms with van der Waals surface area (Å²) in [5, 5.41) is 3.02. The fraction of sp³-hybridized carbons (Fsp3) is 0.355. The summed E-state index contributed by atoms with van der Waals surface area (Å²) >= 11 is 0.